The van der Waals surface area contributed by atoms with Gasteiger partial charge in [0.1, 0.15) is 11.2 Å². The SMILES string of the molecule is O=C([O-])CC(O)(CC(=O)[O-])C(=O)[O-].O=C([O-])CC(O)(CC(=O)[O-])C(=O)[O-].[Ca+2].[K+].[K+].[Mg+2]. The van der Waals surface area contributed by atoms with E-state index >= 15 is 0 Å². The molecule has 0 saturated heterocycles. The Hall–Kier alpha value is 2.04. The van der Waals surface area contributed by atoms with Gasteiger partial charge in [-0.1, -0.05) is 0 Å². The summed E-state index contributed by atoms with van der Waals surface area (Å²) in [5, 5.41) is 77.9. The Morgan fingerprint density at radius 2 is 0.667 bits per heavy atom. The van der Waals surface area contributed by atoms with Crippen molar-refractivity contribution >= 4 is 96.6 Å². The van der Waals surface area contributed by atoms with Crippen molar-refractivity contribution in [2.24, 2.45) is 0 Å². The minimum atomic E-state index is -2.97. The molecule has 0 aromatic rings. The summed E-state index contributed by atoms with van der Waals surface area (Å²) in [4.78, 5) is 60.0. The van der Waals surface area contributed by atoms with E-state index in [0.717, 1.165) is 0 Å². The van der Waals surface area contributed by atoms with E-state index in [9.17, 15) is 59.4 Å². The van der Waals surface area contributed by atoms with E-state index in [1.54, 1.807) is 0 Å². The van der Waals surface area contributed by atoms with Crippen LogP contribution in [0.4, 0.5) is 0 Å². The average molecular weight is 521 g/mol. The van der Waals surface area contributed by atoms with Crippen LogP contribution >= 0.6 is 0 Å². The standard InChI is InChI=1S/2C6H8O7.Ca.2K.Mg/c2*7-3(8)1-6(13,5(11)12)2-4(9)10;;;;/h2*13H,1-2H2,(H,7,8)(H,9,10)(H,11,12);;;;/q;;+2;2*+1;+2/p-6. The van der Waals surface area contributed by atoms with E-state index in [4.69, 9.17) is 10.2 Å². The smallest absolute Gasteiger partial charge is 0.550 e. The molecule has 0 rings (SSSR count). The van der Waals surface area contributed by atoms with Crippen LogP contribution < -0.4 is 133 Å². The number of carbonyl (C=O) groups excluding carboxylic acids is 6. The number of aliphatic hydroxyl groups is 2. The van der Waals surface area contributed by atoms with Gasteiger partial charge in [0.15, 0.2) is 0 Å². The van der Waals surface area contributed by atoms with Crippen molar-refractivity contribution in [2.45, 2.75) is 36.9 Å². The molecule has 0 aromatic heterocycles. The zero-order chi connectivity index (χ0) is 21.3. The molecule has 148 valence electrons. The summed E-state index contributed by atoms with van der Waals surface area (Å²) in [5.74, 6) is -12.0. The van der Waals surface area contributed by atoms with Gasteiger partial charge < -0.3 is 69.6 Å². The van der Waals surface area contributed by atoms with Crippen LogP contribution in [-0.4, -0.2) is 118 Å². The maximum absolute atomic E-state index is 10.1. The van der Waals surface area contributed by atoms with Gasteiger partial charge in [-0.15, -0.1) is 0 Å². The van der Waals surface area contributed by atoms with Gasteiger partial charge >= 0.3 is 164 Å². The van der Waals surface area contributed by atoms with Crippen LogP contribution in [-0.2, 0) is 28.8 Å². The third-order valence-corrected chi connectivity index (χ3v) is 2.51. The van der Waals surface area contributed by atoms with E-state index in [1.165, 1.54) is 0 Å². The molecule has 0 aromatic carbocycles. The average Bonchev–Trinajstić information content (AvgIpc) is 2.34. The van der Waals surface area contributed by atoms with Crippen molar-refractivity contribution < 1.29 is 172 Å². The molecular formula is C12H10CaK2MgO14. The molecule has 0 aliphatic rings. The quantitative estimate of drug-likeness (QED) is 0.253. The molecule has 30 heavy (non-hydrogen) atoms. The van der Waals surface area contributed by atoms with Crippen LogP contribution in [0.25, 0.3) is 0 Å². The van der Waals surface area contributed by atoms with Gasteiger partial charge in [-0.2, -0.15) is 0 Å². The number of hydrogen-bond acceptors (Lipinski definition) is 14. The third kappa shape index (κ3) is 21.9. The van der Waals surface area contributed by atoms with E-state index in [-0.39, 0.29) is 164 Å². The van der Waals surface area contributed by atoms with Crippen LogP contribution in [0.2, 0.25) is 0 Å². The van der Waals surface area contributed by atoms with Crippen molar-refractivity contribution in [1.82, 2.24) is 0 Å². The molecule has 0 bridgehead atoms. The normalized spacial score (nSPS) is 9.40. The Morgan fingerprint density at radius 1 is 0.533 bits per heavy atom. The van der Waals surface area contributed by atoms with Crippen LogP contribution in [0.1, 0.15) is 25.7 Å². The first-order valence-electron chi connectivity index (χ1n) is 6.23. The topological polar surface area (TPSA) is 281 Å². The largest absolute Gasteiger partial charge is 2.00 e. The summed E-state index contributed by atoms with van der Waals surface area (Å²) < 4.78 is 0. The zero-order valence-electron chi connectivity index (χ0n) is 16.0. The van der Waals surface area contributed by atoms with E-state index in [1.807, 2.05) is 0 Å². The molecule has 14 nitrogen and oxygen atoms in total. The molecule has 0 saturated carbocycles. The van der Waals surface area contributed by atoms with Crippen molar-refractivity contribution in [1.29, 1.82) is 0 Å². The first kappa shape index (κ1) is 45.5. The maximum atomic E-state index is 10.1. The molecule has 2 N–H and O–H groups in total. The zero-order valence-corrected chi connectivity index (χ0v) is 25.9. The number of hydrogen-bond donors (Lipinski definition) is 2. The Bertz CT molecular complexity index is 530. The molecule has 18 heteroatoms. The first-order chi connectivity index (χ1) is 11.6. The minimum Gasteiger partial charge on any atom is -0.550 e. The Balaban J connectivity index is -0.0000000847. The van der Waals surface area contributed by atoms with Gasteiger partial charge in [-0.05, 0) is 0 Å². The van der Waals surface area contributed by atoms with Crippen LogP contribution in [0.5, 0.6) is 0 Å². The van der Waals surface area contributed by atoms with Gasteiger partial charge in [-0.3, -0.25) is 0 Å². The summed E-state index contributed by atoms with van der Waals surface area (Å²) in [7, 11) is 0. The molecule has 0 spiro atoms. The third-order valence-electron chi connectivity index (χ3n) is 2.51. The van der Waals surface area contributed by atoms with Crippen molar-refractivity contribution in [2.75, 3.05) is 0 Å². The molecule has 0 amide bonds. The summed E-state index contributed by atoms with van der Waals surface area (Å²) >= 11 is 0. The Kier molecular flexibility index (Phi) is 32.7. The van der Waals surface area contributed by atoms with Crippen LogP contribution in [0, 0.1) is 0 Å². The number of carboxylic acids is 6. The van der Waals surface area contributed by atoms with Crippen molar-refractivity contribution in [3.05, 3.63) is 0 Å². The van der Waals surface area contributed by atoms with Crippen molar-refractivity contribution in [3.63, 3.8) is 0 Å². The minimum absolute atomic E-state index is 0. The number of carboxylic acid groups (broad SMARTS) is 6. The second kappa shape index (κ2) is 21.6. The number of rotatable bonds is 10. The maximum Gasteiger partial charge on any atom is 2.00 e. The van der Waals surface area contributed by atoms with Gasteiger partial charge in [0.25, 0.3) is 0 Å². The fourth-order valence-electron chi connectivity index (χ4n) is 1.37. The summed E-state index contributed by atoms with van der Waals surface area (Å²) in [5.41, 5.74) is -5.95. The van der Waals surface area contributed by atoms with Gasteiger partial charge in [-0.25, -0.2) is 0 Å². The fraction of sp³-hybridized carbons (Fsp3) is 0.500. The molecule has 0 radical (unpaired) electrons. The van der Waals surface area contributed by atoms with Crippen LogP contribution in [0.3, 0.4) is 0 Å². The Labute approximate surface area is 299 Å². The summed E-state index contributed by atoms with van der Waals surface area (Å²) in [6.45, 7) is 0. The van der Waals surface area contributed by atoms with Crippen LogP contribution in [0.15, 0.2) is 0 Å². The molecule has 0 atom stereocenters. The van der Waals surface area contributed by atoms with E-state index in [2.05, 4.69) is 0 Å². The Morgan fingerprint density at radius 3 is 0.733 bits per heavy atom. The second-order valence-electron chi connectivity index (χ2n) is 4.83. The molecule has 0 unspecified atom stereocenters. The van der Waals surface area contributed by atoms with Crippen molar-refractivity contribution in [3.8, 4) is 0 Å². The first-order valence-corrected chi connectivity index (χ1v) is 6.23. The molecule has 0 aliphatic heterocycles. The predicted octanol–water partition coefficient (Wildman–Crippen LogP) is -17.3. The van der Waals surface area contributed by atoms with Gasteiger partial charge in [0.2, 0.25) is 0 Å². The summed E-state index contributed by atoms with van der Waals surface area (Å²) in [6, 6.07) is 0. The van der Waals surface area contributed by atoms with Gasteiger partial charge in [0, 0.05) is 49.6 Å². The summed E-state index contributed by atoms with van der Waals surface area (Å²) in [6.07, 6.45) is -5.43. The predicted molar refractivity (Wildman–Crippen MR) is 69.9 cm³/mol. The van der Waals surface area contributed by atoms with E-state index < -0.39 is 72.7 Å². The molecule has 0 fully saturated rings. The number of aliphatic carboxylic acids is 6. The molecule has 0 heterocycles. The fourth-order valence-corrected chi connectivity index (χ4v) is 1.37. The second-order valence-corrected chi connectivity index (χ2v) is 4.83. The molecule has 0 aliphatic carbocycles. The van der Waals surface area contributed by atoms with E-state index in [0.29, 0.717) is 0 Å². The molecular weight excluding hydrogens is 511 g/mol. The number of carbonyl (C=O) groups is 6. The monoisotopic (exact) mass is 520 g/mol. The van der Waals surface area contributed by atoms with Gasteiger partial charge in [0.05, 0.1) is 11.9 Å².